The molecule has 0 radical (unpaired) electrons. The second-order valence-corrected chi connectivity index (χ2v) is 9.82. The summed E-state index contributed by atoms with van der Waals surface area (Å²) in [5.41, 5.74) is 0.920. The number of thiazole rings is 1. The maximum atomic E-state index is 13.0. The molecule has 0 fully saturated rings. The number of rotatable bonds is 9. The van der Waals surface area contributed by atoms with Crippen LogP contribution in [0.1, 0.15) is 6.42 Å². The van der Waals surface area contributed by atoms with Gasteiger partial charge in [-0.15, -0.1) is 11.8 Å². The van der Waals surface area contributed by atoms with E-state index in [1.165, 1.54) is 0 Å². The standard InChI is InChI=1S/C21H24BrN3O2S2/c1-24(2)11-12-25(21-23-18-9-4-15(22)14-19(18)29-21)20(26)10-13-28-17-7-5-16(27-3)6-8-17/h4-9,14H,10-13H2,1-3H3. The van der Waals surface area contributed by atoms with Gasteiger partial charge >= 0.3 is 0 Å². The van der Waals surface area contributed by atoms with Crippen molar-refractivity contribution in [3.8, 4) is 5.75 Å². The minimum absolute atomic E-state index is 0.103. The fourth-order valence-electron chi connectivity index (χ4n) is 2.69. The molecule has 154 valence electrons. The first kappa shape index (κ1) is 22.1. The Labute approximate surface area is 188 Å². The number of amides is 1. The molecule has 0 N–H and O–H groups in total. The summed E-state index contributed by atoms with van der Waals surface area (Å²) in [6.45, 7) is 1.41. The number of carbonyl (C=O) groups is 1. The number of aromatic nitrogens is 1. The van der Waals surface area contributed by atoms with E-state index in [1.54, 1.807) is 30.2 Å². The second kappa shape index (κ2) is 10.4. The number of hydrogen-bond acceptors (Lipinski definition) is 6. The van der Waals surface area contributed by atoms with Gasteiger partial charge < -0.3 is 9.64 Å². The number of benzene rings is 2. The first-order valence-electron chi connectivity index (χ1n) is 9.24. The zero-order valence-corrected chi connectivity index (χ0v) is 19.9. The van der Waals surface area contributed by atoms with E-state index >= 15 is 0 Å². The Morgan fingerprint density at radius 3 is 2.62 bits per heavy atom. The predicted molar refractivity (Wildman–Crippen MR) is 127 cm³/mol. The van der Waals surface area contributed by atoms with E-state index in [2.05, 4.69) is 20.8 Å². The summed E-state index contributed by atoms with van der Waals surface area (Å²) in [5, 5.41) is 0.763. The SMILES string of the molecule is COc1ccc(SCCC(=O)N(CCN(C)C)c2nc3ccc(Br)cc3s2)cc1. The molecule has 0 aliphatic rings. The molecule has 0 unspecified atom stereocenters. The van der Waals surface area contributed by atoms with E-state index in [1.807, 2.05) is 61.5 Å². The van der Waals surface area contributed by atoms with Gasteiger partial charge in [-0.1, -0.05) is 27.3 Å². The Morgan fingerprint density at radius 1 is 1.17 bits per heavy atom. The van der Waals surface area contributed by atoms with Crippen molar-refractivity contribution < 1.29 is 9.53 Å². The van der Waals surface area contributed by atoms with Crippen molar-refractivity contribution in [1.29, 1.82) is 0 Å². The van der Waals surface area contributed by atoms with Crippen molar-refractivity contribution in [3.63, 3.8) is 0 Å². The molecule has 29 heavy (non-hydrogen) atoms. The monoisotopic (exact) mass is 493 g/mol. The molecule has 5 nitrogen and oxygen atoms in total. The van der Waals surface area contributed by atoms with Crippen molar-refractivity contribution in [2.75, 3.05) is 44.9 Å². The molecule has 0 spiro atoms. The Morgan fingerprint density at radius 2 is 1.93 bits per heavy atom. The third-order valence-corrected chi connectivity index (χ3v) is 6.83. The Balaban J connectivity index is 1.68. The zero-order valence-electron chi connectivity index (χ0n) is 16.7. The highest BCUT2D eigenvalue weighted by Gasteiger charge is 2.20. The normalized spacial score (nSPS) is 11.2. The van der Waals surface area contributed by atoms with Gasteiger partial charge in [-0.05, 0) is 56.6 Å². The molecule has 8 heteroatoms. The van der Waals surface area contributed by atoms with Gasteiger partial charge in [0.2, 0.25) is 5.91 Å². The molecule has 2 aromatic carbocycles. The van der Waals surface area contributed by atoms with Crippen molar-refractivity contribution in [3.05, 3.63) is 46.9 Å². The topological polar surface area (TPSA) is 45.7 Å². The highest BCUT2D eigenvalue weighted by atomic mass is 79.9. The lowest BCUT2D eigenvalue weighted by Gasteiger charge is -2.22. The van der Waals surface area contributed by atoms with E-state index in [9.17, 15) is 4.79 Å². The molecule has 0 saturated heterocycles. The van der Waals surface area contributed by atoms with Crippen LogP contribution in [0.4, 0.5) is 5.13 Å². The summed E-state index contributed by atoms with van der Waals surface area (Å²) >= 11 is 6.74. The summed E-state index contributed by atoms with van der Waals surface area (Å²) in [6, 6.07) is 13.9. The van der Waals surface area contributed by atoms with Crippen LogP contribution in [0.2, 0.25) is 0 Å². The van der Waals surface area contributed by atoms with Crippen molar-refractivity contribution in [1.82, 2.24) is 9.88 Å². The third-order valence-electron chi connectivity index (χ3n) is 4.29. The number of ether oxygens (including phenoxy) is 1. The summed E-state index contributed by atoms with van der Waals surface area (Å²) in [6.07, 6.45) is 0.462. The molecule has 3 rings (SSSR count). The van der Waals surface area contributed by atoms with E-state index < -0.39 is 0 Å². The molecular formula is C21H24BrN3O2S2. The molecule has 1 aromatic heterocycles. The Kier molecular flexibility index (Phi) is 7.94. The van der Waals surface area contributed by atoms with Gasteiger partial charge in [0.15, 0.2) is 5.13 Å². The van der Waals surface area contributed by atoms with E-state index in [0.29, 0.717) is 13.0 Å². The lowest BCUT2D eigenvalue weighted by atomic mass is 10.3. The average Bonchev–Trinajstić information content (AvgIpc) is 3.11. The van der Waals surface area contributed by atoms with E-state index in [-0.39, 0.29) is 5.91 Å². The van der Waals surface area contributed by atoms with E-state index in [4.69, 9.17) is 9.72 Å². The van der Waals surface area contributed by atoms with Crippen LogP contribution in [-0.2, 0) is 4.79 Å². The number of carbonyl (C=O) groups excluding carboxylic acids is 1. The highest BCUT2D eigenvalue weighted by Crippen LogP contribution is 2.31. The largest absolute Gasteiger partial charge is 0.497 e. The maximum absolute atomic E-state index is 13.0. The van der Waals surface area contributed by atoms with Crippen LogP contribution in [-0.4, -0.2) is 55.8 Å². The van der Waals surface area contributed by atoms with Crippen molar-refractivity contribution >= 4 is 60.3 Å². The number of thioether (sulfide) groups is 1. The summed E-state index contributed by atoms with van der Waals surface area (Å²) < 4.78 is 7.28. The van der Waals surface area contributed by atoms with Gasteiger partial charge in [0, 0.05) is 34.6 Å². The lowest BCUT2D eigenvalue weighted by molar-refractivity contribution is -0.118. The zero-order chi connectivity index (χ0) is 20.8. The average molecular weight is 494 g/mol. The van der Waals surface area contributed by atoms with Crippen molar-refractivity contribution in [2.45, 2.75) is 11.3 Å². The minimum Gasteiger partial charge on any atom is -0.497 e. The maximum Gasteiger partial charge on any atom is 0.229 e. The quantitative estimate of drug-likeness (QED) is 0.386. The van der Waals surface area contributed by atoms with Gasteiger partial charge in [0.1, 0.15) is 5.75 Å². The van der Waals surface area contributed by atoms with Crippen LogP contribution in [0.25, 0.3) is 10.2 Å². The van der Waals surface area contributed by atoms with Gasteiger partial charge in [-0.25, -0.2) is 4.98 Å². The number of nitrogens with zero attached hydrogens (tertiary/aromatic N) is 3. The van der Waals surface area contributed by atoms with Gasteiger partial charge in [-0.2, -0.15) is 0 Å². The van der Waals surface area contributed by atoms with Crippen molar-refractivity contribution in [2.24, 2.45) is 0 Å². The first-order valence-corrected chi connectivity index (χ1v) is 11.8. The van der Waals surface area contributed by atoms with Crippen LogP contribution in [0, 0.1) is 0 Å². The molecule has 0 aliphatic carbocycles. The van der Waals surface area contributed by atoms with E-state index in [0.717, 1.165) is 42.8 Å². The van der Waals surface area contributed by atoms with Crippen LogP contribution >= 0.6 is 39.0 Å². The molecule has 0 atom stereocenters. The third kappa shape index (κ3) is 6.18. The number of likely N-dealkylation sites (N-methyl/N-ethyl adjacent to an activating group) is 1. The van der Waals surface area contributed by atoms with Gasteiger partial charge in [-0.3, -0.25) is 9.69 Å². The molecular weight excluding hydrogens is 470 g/mol. The Bertz CT molecular complexity index is 960. The molecule has 1 heterocycles. The molecule has 0 bridgehead atoms. The minimum atomic E-state index is 0.103. The molecule has 0 aliphatic heterocycles. The first-order chi connectivity index (χ1) is 14.0. The molecule has 3 aromatic rings. The second-order valence-electron chi connectivity index (χ2n) is 6.73. The number of anilines is 1. The number of halogens is 1. The fraction of sp³-hybridized carbons (Fsp3) is 0.333. The van der Waals surface area contributed by atoms with Crippen LogP contribution in [0.15, 0.2) is 51.8 Å². The smallest absolute Gasteiger partial charge is 0.229 e. The highest BCUT2D eigenvalue weighted by molar-refractivity contribution is 9.10. The summed E-state index contributed by atoms with van der Waals surface area (Å²) in [5.74, 6) is 1.66. The van der Waals surface area contributed by atoms with Gasteiger partial charge in [0.05, 0.1) is 17.3 Å². The number of hydrogen-bond donors (Lipinski definition) is 0. The van der Waals surface area contributed by atoms with Crippen LogP contribution < -0.4 is 9.64 Å². The molecule has 1 amide bonds. The molecule has 0 saturated carbocycles. The van der Waals surface area contributed by atoms with Crippen LogP contribution in [0.5, 0.6) is 5.75 Å². The summed E-state index contributed by atoms with van der Waals surface area (Å²) in [4.78, 5) is 22.8. The number of methoxy groups -OCH3 is 1. The Hall–Kier alpha value is -1.61. The lowest BCUT2D eigenvalue weighted by Crippen LogP contribution is -2.36. The van der Waals surface area contributed by atoms with Crippen LogP contribution in [0.3, 0.4) is 0 Å². The van der Waals surface area contributed by atoms with Gasteiger partial charge in [0.25, 0.3) is 0 Å². The number of fused-ring (bicyclic) bond motifs is 1. The summed E-state index contributed by atoms with van der Waals surface area (Å²) in [7, 11) is 5.68. The predicted octanol–water partition coefficient (Wildman–Crippen LogP) is 5.14. The fourth-order valence-corrected chi connectivity index (χ4v) is 5.09.